The van der Waals surface area contributed by atoms with E-state index in [4.69, 9.17) is 16.3 Å². The normalized spacial score (nSPS) is 28.4. The van der Waals surface area contributed by atoms with Crippen LogP contribution in [0.2, 0.25) is 5.02 Å². The van der Waals surface area contributed by atoms with Crippen LogP contribution in [0.3, 0.4) is 0 Å². The molecular weight excluding hydrogens is 236 g/mol. The fourth-order valence-corrected chi connectivity index (χ4v) is 2.90. The van der Waals surface area contributed by atoms with Gasteiger partial charge in [-0.05, 0) is 42.5 Å². The van der Waals surface area contributed by atoms with Gasteiger partial charge in [0.05, 0.1) is 12.7 Å². The topological polar surface area (TPSA) is 29.5 Å². The summed E-state index contributed by atoms with van der Waals surface area (Å²) in [4.78, 5) is 0. The first-order valence-corrected chi connectivity index (χ1v) is 6.48. The highest BCUT2D eigenvalue weighted by atomic mass is 35.5. The minimum atomic E-state index is -0.599. The number of benzene rings is 1. The van der Waals surface area contributed by atoms with Crippen molar-refractivity contribution >= 4 is 11.6 Å². The molecule has 3 heteroatoms. The number of ether oxygens (including phenoxy) is 1. The van der Waals surface area contributed by atoms with Crippen molar-refractivity contribution < 1.29 is 9.84 Å². The lowest BCUT2D eigenvalue weighted by Gasteiger charge is -2.28. The third-order valence-electron chi connectivity index (χ3n) is 3.90. The third kappa shape index (κ3) is 2.58. The summed E-state index contributed by atoms with van der Waals surface area (Å²) in [7, 11) is 1.65. The van der Waals surface area contributed by atoms with Gasteiger partial charge in [-0.25, -0.2) is 0 Å². The van der Waals surface area contributed by atoms with Crippen LogP contribution in [0.5, 0.6) is 5.75 Å². The molecule has 2 unspecified atom stereocenters. The number of rotatable bonds is 3. The zero-order valence-electron chi connectivity index (χ0n) is 10.4. The van der Waals surface area contributed by atoms with Gasteiger partial charge >= 0.3 is 0 Å². The second-order valence-electron chi connectivity index (χ2n) is 5.03. The van der Waals surface area contributed by atoms with Crippen LogP contribution in [0.1, 0.15) is 31.7 Å². The van der Waals surface area contributed by atoms with E-state index in [-0.39, 0.29) is 0 Å². The molecule has 1 aromatic rings. The molecule has 0 heterocycles. The molecule has 1 saturated carbocycles. The zero-order valence-corrected chi connectivity index (χ0v) is 11.1. The van der Waals surface area contributed by atoms with Gasteiger partial charge in [0.1, 0.15) is 5.75 Å². The summed E-state index contributed by atoms with van der Waals surface area (Å²) >= 11 is 6.00. The van der Waals surface area contributed by atoms with Crippen LogP contribution < -0.4 is 4.74 Å². The number of hydrogen-bond acceptors (Lipinski definition) is 2. The smallest absolute Gasteiger partial charge is 0.122 e. The number of halogens is 1. The third-order valence-corrected chi connectivity index (χ3v) is 4.14. The van der Waals surface area contributed by atoms with Crippen molar-refractivity contribution in [2.24, 2.45) is 5.92 Å². The van der Waals surface area contributed by atoms with Crippen molar-refractivity contribution in [1.29, 1.82) is 0 Å². The van der Waals surface area contributed by atoms with Crippen molar-refractivity contribution in [2.45, 2.75) is 38.2 Å². The number of methoxy groups -OCH3 is 1. The van der Waals surface area contributed by atoms with E-state index in [0.29, 0.717) is 17.4 Å². The Morgan fingerprint density at radius 2 is 2.29 bits per heavy atom. The van der Waals surface area contributed by atoms with Crippen molar-refractivity contribution in [3.63, 3.8) is 0 Å². The van der Waals surface area contributed by atoms with Gasteiger partial charge in [-0.1, -0.05) is 24.9 Å². The van der Waals surface area contributed by atoms with Crippen molar-refractivity contribution in [3.05, 3.63) is 28.8 Å². The lowest BCUT2D eigenvalue weighted by atomic mass is 9.86. The van der Waals surface area contributed by atoms with Gasteiger partial charge in [-0.15, -0.1) is 0 Å². The molecular formula is C14H19ClO2. The van der Waals surface area contributed by atoms with Gasteiger partial charge in [-0.3, -0.25) is 0 Å². The maximum Gasteiger partial charge on any atom is 0.122 e. The average molecular weight is 255 g/mol. The van der Waals surface area contributed by atoms with E-state index in [2.05, 4.69) is 6.92 Å². The zero-order chi connectivity index (χ0) is 12.5. The highest BCUT2D eigenvalue weighted by molar-refractivity contribution is 6.30. The summed E-state index contributed by atoms with van der Waals surface area (Å²) in [6, 6.07) is 5.57. The van der Waals surface area contributed by atoms with E-state index in [1.54, 1.807) is 7.11 Å². The van der Waals surface area contributed by atoms with Crippen LogP contribution in [0.15, 0.2) is 18.2 Å². The molecule has 2 atom stereocenters. The Bertz CT molecular complexity index is 405. The van der Waals surface area contributed by atoms with E-state index >= 15 is 0 Å². The Kier molecular flexibility index (Phi) is 3.64. The maximum absolute atomic E-state index is 10.6. The van der Waals surface area contributed by atoms with Crippen molar-refractivity contribution in [1.82, 2.24) is 0 Å². The van der Waals surface area contributed by atoms with Gasteiger partial charge in [0.15, 0.2) is 0 Å². The average Bonchev–Trinajstić information content (AvgIpc) is 2.59. The lowest BCUT2D eigenvalue weighted by molar-refractivity contribution is 0.00913. The molecule has 0 amide bonds. The minimum Gasteiger partial charge on any atom is -0.496 e. The Morgan fingerprint density at radius 3 is 2.88 bits per heavy atom. The van der Waals surface area contributed by atoms with Crippen LogP contribution in [0, 0.1) is 5.92 Å². The largest absolute Gasteiger partial charge is 0.496 e. The molecule has 1 aliphatic rings. The van der Waals surface area contributed by atoms with Crippen LogP contribution >= 0.6 is 11.6 Å². The van der Waals surface area contributed by atoms with Gasteiger partial charge in [0.25, 0.3) is 0 Å². The Balaban J connectivity index is 2.25. The van der Waals surface area contributed by atoms with E-state index in [1.165, 1.54) is 0 Å². The van der Waals surface area contributed by atoms with Gasteiger partial charge < -0.3 is 9.84 Å². The number of aliphatic hydroxyl groups is 1. The van der Waals surface area contributed by atoms with Crippen LogP contribution in [-0.2, 0) is 6.42 Å². The predicted octanol–water partition coefficient (Wildman–Crippen LogP) is 3.44. The van der Waals surface area contributed by atoms with Gasteiger partial charge in [0.2, 0.25) is 0 Å². The molecule has 0 bridgehead atoms. The molecule has 1 N–H and O–H groups in total. The Morgan fingerprint density at radius 1 is 1.53 bits per heavy atom. The second kappa shape index (κ2) is 4.87. The fraction of sp³-hybridized carbons (Fsp3) is 0.571. The van der Waals surface area contributed by atoms with Crippen LogP contribution in [0.25, 0.3) is 0 Å². The molecule has 1 fully saturated rings. The molecule has 2 rings (SSSR count). The predicted molar refractivity (Wildman–Crippen MR) is 69.7 cm³/mol. The van der Waals surface area contributed by atoms with E-state index in [9.17, 15) is 5.11 Å². The van der Waals surface area contributed by atoms with Gasteiger partial charge in [0, 0.05) is 11.4 Å². The molecule has 0 aliphatic heterocycles. The molecule has 0 radical (unpaired) electrons. The first kappa shape index (κ1) is 12.7. The molecule has 0 aromatic heterocycles. The summed E-state index contributed by atoms with van der Waals surface area (Å²) in [5.74, 6) is 1.15. The van der Waals surface area contributed by atoms with Gasteiger partial charge in [-0.2, -0.15) is 0 Å². The van der Waals surface area contributed by atoms with E-state index in [0.717, 1.165) is 30.6 Å². The quantitative estimate of drug-likeness (QED) is 0.895. The Labute approximate surface area is 108 Å². The van der Waals surface area contributed by atoms with E-state index < -0.39 is 5.60 Å². The summed E-state index contributed by atoms with van der Waals surface area (Å²) < 4.78 is 5.32. The Hall–Kier alpha value is -0.730. The highest BCUT2D eigenvalue weighted by Crippen LogP contribution is 2.39. The minimum absolute atomic E-state index is 0.339. The molecule has 94 valence electrons. The molecule has 0 spiro atoms. The van der Waals surface area contributed by atoms with E-state index in [1.807, 2.05) is 18.2 Å². The molecule has 1 aliphatic carbocycles. The second-order valence-corrected chi connectivity index (χ2v) is 5.47. The highest BCUT2D eigenvalue weighted by Gasteiger charge is 2.38. The van der Waals surface area contributed by atoms with Crippen molar-refractivity contribution in [3.8, 4) is 5.75 Å². The summed E-state index contributed by atoms with van der Waals surface area (Å²) in [5, 5.41) is 11.3. The molecule has 2 nitrogen and oxygen atoms in total. The first-order valence-electron chi connectivity index (χ1n) is 6.10. The standard InChI is InChI=1S/C14H19ClO2/c1-10-4-3-7-14(10,16)9-11-8-12(15)5-6-13(11)17-2/h5-6,8,10,16H,3-4,7,9H2,1-2H3. The van der Waals surface area contributed by atoms with Crippen LogP contribution in [-0.4, -0.2) is 17.8 Å². The fourth-order valence-electron chi connectivity index (χ4n) is 2.71. The molecule has 1 aromatic carbocycles. The molecule has 17 heavy (non-hydrogen) atoms. The summed E-state index contributed by atoms with van der Waals surface area (Å²) in [5.41, 5.74) is 0.397. The van der Waals surface area contributed by atoms with Crippen molar-refractivity contribution in [2.75, 3.05) is 7.11 Å². The number of hydrogen-bond donors (Lipinski definition) is 1. The molecule has 0 saturated heterocycles. The first-order chi connectivity index (χ1) is 8.05. The monoisotopic (exact) mass is 254 g/mol. The summed E-state index contributed by atoms with van der Waals surface area (Å²) in [6.07, 6.45) is 3.68. The maximum atomic E-state index is 10.6. The van der Waals surface area contributed by atoms with Crippen LogP contribution in [0.4, 0.5) is 0 Å². The lowest BCUT2D eigenvalue weighted by Crippen LogP contribution is -2.34. The summed E-state index contributed by atoms with van der Waals surface area (Å²) in [6.45, 7) is 2.12. The SMILES string of the molecule is COc1ccc(Cl)cc1CC1(O)CCCC1C.